The van der Waals surface area contributed by atoms with Crippen LogP contribution in [0.1, 0.15) is 43.7 Å². The van der Waals surface area contributed by atoms with Crippen molar-refractivity contribution in [2.24, 2.45) is 5.92 Å². The molecule has 1 aromatic rings. The molecule has 1 saturated carbocycles. The molecular formula is C18H22N2O3. The minimum absolute atomic E-state index is 0.0112. The van der Waals surface area contributed by atoms with Gasteiger partial charge in [-0.05, 0) is 30.5 Å². The van der Waals surface area contributed by atoms with E-state index in [4.69, 9.17) is 4.74 Å². The van der Waals surface area contributed by atoms with Gasteiger partial charge in [-0.3, -0.25) is 14.6 Å². The van der Waals surface area contributed by atoms with Crippen LogP contribution < -0.4 is 4.74 Å². The second-order valence-electron chi connectivity index (χ2n) is 6.67. The highest BCUT2D eigenvalue weighted by Crippen LogP contribution is 2.47. The molecule has 3 atom stereocenters. The molecule has 0 radical (unpaired) electrons. The van der Waals surface area contributed by atoms with Crippen molar-refractivity contribution < 1.29 is 14.3 Å². The lowest BCUT2D eigenvalue weighted by Crippen LogP contribution is -2.39. The Labute approximate surface area is 136 Å². The number of ketones is 1. The molecule has 0 aromatic heterocycles. The summed E-state index contributed by atoms with van der Waals surface area (Å²) in [6.45, 7) is 0.718. The van der Waals surface area contributed by atoms with Crippen molar-refractivity contribution in [3.63, 3.8) is 0 Å². The molecule has 0 spiro atoms. The number of ether oxygens (including phenoxy) is 1. The standard InChI is InChI=1S/C18H22N2O3/c1-23-13-8-6-12(7-9-13)18-17-14(4-2-3-5-15(17)21)20-16(22)10-11-19(18)20/h6-9,14,17-18H,2-5,10-11H2,1H3/t14-,17-,18-/m1/s1. The summed E-state index contributed by atoms with van der Waals surface area (Å²) in [5, 5.41) is 4.05. The average molecular weight is 314 g/mol. The molecule has 1 amide bonds. The first-order chi connectivity index (χ1) is 11.2. The maximum absolute atomic E-state index is 12.8. The zero-order valence-electron chi connectivity index (χ0n) is 13.4. The predicted octanol–water partition coefficient (Wildman–Crippen LogP) is 2.33. The van der Waals surface area contributed by atoms with E-state index in [9.17, 15) is 9.59 Å². The SMILES string of the molecule is COc1ccc([C@@H]2[C@H]3C(=O)CCCC[C@H]3N3C(=O)CCN23)cc1. The molecule has 0 unspecified atom stereocenters. The molecule has 2 aliphatic heterocycles. The van der Waals surface area contributed by atoms with Crippen molar-refractivity contribution in [3.8, 4) is 5.75 Å². The van der Waals surface area contributed by atoms with Gasteiger partial charge in [-0.1, -0.05) is 18.6 Å². The summed E-state index contributed by atoms with van der Waals surface area (Å²) < 4.78 is 5.24. The third-order valence-corrected chi connectivity index (χ3v) is 5.48. The number of hydrazine groups is 1. The number of amides is 1. The second-order valence-corrected chi connectivity index (χ2v) is 6.67. The fourth-order valence-corrected chi connectivity index (χ4v) is 4.46. The van der Waals surface area contributed by atoms with Gasteiger partial charge in [0.15, 0.2) is 0 Å². The number of hydrogen-bond donors (Lipinski definition) is 0. The van der Waals surface area contributed by atoms with Crippen molar-refractivity contribution in [1.29, 1.82) is 0 Å². The Kier molecular flexibility index (Phi) is 3.60. The van der Waals surface area contributed by atoms with Crippen molar-refractivity contribution in [2.75, 3.05) is 13.7 Å². The van der Waals surface area contributed by atoms with Crippen molar-refractivity contribution in [1.82, 2.24) is 10.0 Å². The summed E-state index contributed by atoms with van der Waals surface area (Å²) in [5.41, 5.74) is 1.10. The largest absolute Gasteiger partial charge is 0.497 e. The molecule has 1 aliphatic carbocycles. The van der Waals surface area contributed by atoms with Gasteiger partial charge in [0.1, 0.15) is 11.5 Å². The fraction of sp³-hybridized carbons (Fsp3) is 0.556. The van der Waals surface area contributed by atoms with E-state index < -0.39 is 0 Å². The summed E-state index contributed by atoms with van der Waals surface area (Å²) in [7, 11) is 1.65. The minimum atomic E-state index is -0.0878. The van der Waals surface area contributed by atoms with Crippen molar-refractivity contribution in [2.45, 2.75) is 44.2 Å². The highest BCUT2D eigenvalue weighted by Gasteiger charge is 2.55. The molecule has 3 aliphatic rings. The number of methoxy groups -OCH3 is 1. The van der Waals surface area contributed by atoms with Crippen LogP contribution in [-0.2, 0) is 9.59 Å². The molecule has 5 heteroatoms. The van der Waals surface area contributed by atoms with Gasteiger partial charge >= 0.3 is 0 Å². The monoisotopic (exact) mass is 314 g/mol. The summed E-state index contributed by atoms with van der Waals surface area (Å²) in [6.07, 6.45) is 4.11. The van der Waals surface area contributed by atoms with Crippen LogP contribution in [0.15, 0.2) is 24.3 Å². The van der Waals surface area contributed by atoms with E-state index in [1.165, 1.54) is 0 Å². The number of rotatable bonds is 2. The van der Waals surface area contributed by atoms with E-state index in [2.05, 4.69) is 5.01 Å². The number of Topliss-reactive ketones (excluding diaryl/α,β-unsaturated/α-hetero) is 1. The first-order valence-electron chi connectivity index (χ1n) is 8.46. The van der Waals surface area contributed by atoms with E-state index >= 15 is 0 Å². The summed E-state index contributed by atoms with van der Waals surface area (Å²) >= 11 is 0. The Hall–Kier alpha value is -1.88. The maximum atomic E-state index is 12.8. The van der Waals surface area contributed by atoms with Crippen LogP contribution >= 0.6 is 0 Å². The second kappa shape index (κ2) is 5.64. The molecule has 2 heterocycles. The Morgan fingerprint density at radius 3 is 2.61 bits per heavy atom. The van der Waals surface area contributed by atoms with Gasteiger partial charge in [-0.2, -0.15) is 0 Å². The maximum Gasteiger partial charge on any atom is 0.238 e. The minimum Gasteiger partial charge on any atom is -0.497 e. The van der Waals surface area contributed by atoms with Crippen LogP contribution in [-0.4, -0.2) is 41.4 Å². The Balaban J connectivity index is 1.75. The van der Waals surface area contributed by atoms with Crippen LogP contribution in [0.25, 0.3) is 0 Å². The molecule has 23 heavy (non-hydrogen) atoms. The van der Waals surface area contributed by atoms with E-state index in [0.29, 0.717) is 18.6 Å². The third-order valence-electron chi connectivity index (χ3n) is 5.48. The Bertz CT molecular complexity index is 628. The highest BCUT2D eigenvalue weighted by molar-refractivity contribution is 5.86. The van der Waals surface area contributed by atoms with E-state index in [1.54, 1.807) is 7.11 Å². The molecule has 2 saturated heterocycles. The van der Waals surface area contributed by atoms with Crippen LogP contribution in [0.5, 0.6) is 5.75 Å². The topological polar surface area (TPSA) is 49.9 Å². The lowest BCUT2D eigenvalue weighted by molar-refractivity contribution is -0.138. The lowest BCUT2D eigenvalue weighted by Gasteiger charge is -2.27. The zero-order chi connectivity index (χ0) is 16.0. The molecule has 122 valence electrons. The number of nitrogens with zero attached hydrogens (tertiary/aromatic N) is 2. The van der Waals surface area contributed by atoms with Gasteiger partial charge in [0.05, 0.1) is 25.1 Å². The van der Waals surface area contributed by atoms with E-state index in [0.717, 1.165) is 37.1 Å². The summed E-state index contributed by atoms with van der Waals surface area (Å²) in [5.74, 6) is 1.21. The number of hydrogen-bond acceptors (Lipinski definition) is 4. The Morgan fingerprint density at radius 1 is 1.09 bits per heavy atom. The molecular weight excluding hydrogens is 292 g/mol. The number of fused-ring (bicyclic) bond motifs is 3. The molecule has 3 fully saturated rings. The van der Waals surface area contributed by atoms with Crippen molar-refractivity contribution >= 4 is 11.7 Å². The van der Waals surface area contributed by atoms with Crippen LogP contribution in [0.4, 0.5) is 0 Å². The zero-order valence-corrected chi connectivity index (χ0v) is 13.4. The van der Waals surface area contributed by atoms with Crippen molar-refractivity contribution in [3.05, 3.63) is 29.8 Å². The lowest BCUT2D eigenvalue weighted by atomic mass is 9.84. The third kappa shape index (κ3) is 2.26. The van der Waals surface area contributed by atoms with E-state index in [-0.39, 0.29) is 23.9 Å². The molecule has 1 aromatic carbocycles. The van der Waals surface area contributed by atoms with Gasteiger partial charge < -0.3 is 4.74 Å². The summed E-state index contributed by atoms with van der Waals surface area (Å²) in [4.78, 5) is 25.1. The Morgan fingerprint density at radius 2 is 1.87 bits per heavy atom. The molecule has 5 nitrogen and oxygen atoms in total. The van der Waals surface area contributed by atoms with Gasteiger partial charge in [0, 0.05) is 19.4 Å². The van der Waals surface area contributed by atoms with Crippen LogP contribution in [0.2, 0.25) is 0 Å². The highest BCUT2D eigenvalue weighted by atomic mass is 16.5. The number of carbonyl (C=O) groups excluding carboxylic acids is 2. The fourth-order valence-electron chi connectivity index (χ4n) is 4.46. The van der Waals surface area contributed by atoms with E-state index in [1.807, 2.05) is 29.3 Å². The number of carbonyl (C=O) groups is 2. The first kappa shape index (κ1) is 14.7. The van der Waals surface area contributed by atoms with Gasteiger partial charge in [0.2, 0.25) is 5.91 Å². The van der Waals surface area contributed by atoms with Gasteiger partial charge in [-0.15, -0.1) is 0 Å². The van der Waals surface area contributed by atoms with Gasteiger partial charge in [-0.25, -0.2) is 5.01 Å². The predicted molar refractivity (Wildman–Crippen MR) is 84.7 cm³/mol. The quantitative estimate of drug-likeness (QED) is 0.840. The first-order valence-corrected chi connectivity index (χ1v) is 8.46. The number of benzene rings is 1. The smallest absolute Gasteiger partial charge is 0.238 e. The average Bonchev–Trinajstić information content (AvgIpc) is 3.04. The van der Waals surface area contributed by atoms with Crippen LogP contribution in [0.3, 0.4) is 0 Å². The normalized spacial score (nSPS) is 31.0. The van der Waals surface area contributed by atoms with Crippen LogP contribution in [0, 0.1) is 5.92 Å². The summed E-state index contributed by atoms with van der Waals surface area (Å²) in [6, 6.07) is 7.98. The molecule has 0 N–H and O–H groups in total. The van der Waals surface area contributed by atoms with Gasteiger partial charge in [0.25, 0.3) is 0 Å². The molecule has 0 bridgehead atoms. The molecule has 4 rings (SSSR count).